The number of likely N-dealkylation sites (tertiary alicyclic amines) is 1. The van der Waals surface area contributed by atoms with Gasteiger partial charge < -0.3 is 24.4 Å². The molecule has 1 fully saturated rings. The SMILES string of the molecule is COCCN(C(=O)Nc1cc(C)ccc1OC)C1CCN(Cc2ccccc2OC(F)F)CC1. The molecule has 0 bridgehead atoms. The number of ether oxygens (including phenoxy) is 3. The van der Waals surface area contributed by atoms with Gasteiger partial charge in [-0.05, 0) is 43.5 Å². The Labute approximate surface area is 199 Å². The number of alkyl halides is 2. The van der Waals surface area contributed by atoms with Gasteiger partial charge >= 0.3 is 12.6 Å². The van der Waals surface area contributed by atoms with Crippen molar-refractivity contribution in [3.8, 4) is 11.5 Å². The Kier molecular flexibility index (Phi) is 9.47. The monoisotopic (exact) mass is 477 g/mol. The largest absolute Gasteiger partial charge is 0.495 e. The predicted octanol–water partition coefficient (Wildman–Crippen LogP) is 4.75. The van der Waals surface area contributed by atoms with E-state index in [1.54, 1.807) is 32.4 Å². The van der Waals surface area contributed by atoms with E-state index in [2.05, 4.69) is 15.0 Å². The van der Waals surface area contributed by atoms with Gasteiger partial charge in [0.1, 0.15) is 11.5 Å². The number of halogens is 2. The first-order chi connectivity index (χ1) is 16.4. The molecular weight excluding hydrogens is 444 g/mol. The van der Waals surface area contributed by atoms with Gasteiger partial charge in [-0.1, -0.05) is 24.3 Å². The van der Waals surface area contributed by atoms with Crippen LogP contribution in [0.15, 0.2) is 42.5 Å². The fourth-order valence-corrected chi connectivity index (χ4v) is 4.22. The van der Waals surface area contributed by atoms with Crippen molar-refractivity contribution in [1.29, 1.82) is 0 Å². The number of para-hydroxylation sites is 1. The number of hydrogen-bond acceptors (Lipinski definition) is 5. The van der Waals surface area contributed by atoms with Gasteiger partial charge in [0.2, 0.25) is 0 Å². The first kappa shape index (κ1) is 25.7. The molecule has 7 nitrogen and oxygen atoms in total. The van der Waals surface area contributed by atoms with Crippen LogP contribution in [0.2, 0.25) is 0 Å². The number of hydrogen-bond donors (Lipinski definition) is 1. The molecule has 9 heteroatoms. The molecule has 0 spiro atoms. The van der Waals surface area contributed by atoms with Crippen LogP contribution in [0.3, 0.4) is 0 Å². The Morgan fingerprint density at radius 2 is 1.88 bits per heavy atom. The molecule has 2 amide bonds. The second-order valence-electron chi connectivity index (χ2n) is 8.31. The van der Waals surface area contributed by atoms with Crippen LogP contribution in [0.4, 0.5) is 19.3 Å². The first-order valence-corrected chi connectivity index (χ1v) is 11.4. The molecule has 0 atom stereocenters. The normalized spacial score (nSPS) is 14.8. The minimum atomic E-state index is -2.85. The molecule has 0 aliphatic carbocycles. The van der Waals surface area contributed by atoms with Gasteiger partial charge in [0.05, 0.1) is 19.4 Å². The lowest BCUT2D eigenvalue weighted by Crippen LogP contribution is -2.49. The minimum absolute atomic E-state index is 0.0368. The standard InChI is InChI=1S/C25H33F2N3O4/c1-18-8-9-23(33-3)21(16-18)28-25(31)30(14-15-32-2)20-10-12-29(13-11-20)17-19-6-4-5-7-22(19)34-24(26)27/h4-9,16,20,24H,10-15,17H2,1-3H3,(H,28,31). The highest BCUT2D eigenvalue weighted by molar-refractivity contribution is 5.91. The van der Waals surface area contributed by atoms with Gasteiger partial charge in [0, 0.05) is 44.9 Å². The molecule has 2 aromatic carbocycles. The summed E-state index contributed by atoms with van der Waals surface area (Å²) in [5.74, 6) is 0.804. The summed E-state index contributed by atoms with van der Waals surface area (Å²) in [5.41, 5.74) is 2.37. The number of methoxy groups -OCH3 is 2. The fraction of sp³-hybridized carbons (Fsp3) is 0.480. The van der Waals surface area contributed by atoms with Crippen molar-refractivity contribution in [2.45, 2.75) is 39.0 Å². The minimum Gasteiger partial charge on any atom is -0.495 e. The van der Waals surface area contributed by atoms with E-state index in [1.165, 1.54) is 0 Å². The van der Waals surface area contributed by atoms with E-state index in [0.29, 0.717) is 31.1 Å². The van der Waals surface area contributed by atoms with Gasteiger partial charge in [-0.15, -0.1) is 0 Å². The van der Waals surface area contributed by atoms with E-state index in [1.807, 2.05) is 36.1 Å². The summed E-state index contributed by atoms with van der Waals surface area (Å²) >= 11 is 0. The molecule has 1 N–H and O–H groups in total. The number of nitrogens with one attached hydrogen (secondary N) is 1. The Morgan fingerprint density at radius 3 is 2.56 bits per heavy atom. The van der Waals surface area contributed by atoms with Gasteiger partial charge in [0.15, 0.2) is 0 Å². The summed E-state index contributed by atoms with van der Waals surface area (Å²) in [6, 6.07) is 12.3. The highest BCUT2D eigenvalue weighted by Gasteiger charge is 2.29. The molecule has 0 saturated carbocycles. The number of benzene rings is 2. The number of urea groups is 1. The molecular formula is C25H33F2N3O4. The zero-order chi connectivity index (χ0) is 24.5. The van der Waals surface area contributed by atoms with Crippen LogP contribution in [0.1, 0.15) is 24.0 Å². The lowest BCUT2D eigenvalue weighted by molar-refractivity contribution is -0.0508. The van der Waals surface area contributed by atoms with Crippen molar-refractivity contribution < 1.29 is 27.8 Å². The molecule has 1 saturated heterocycles. The molecule has 1 aliphatic heterocycles. The van der Waals surface area contributed by atoms with Crippen molar-refractivity contribution in [1.82, 2.24) is 9.80 Å². The number of rotatable bonds is 10. The van der Waals surface area contributed by atoms with E-state index in [9.17, 15) is 13.6 Å². The summed E-state index contributed by atoms with van der Waals surface area (Å²) in [7, 11) is 3.18. The zero-order valence-electron chi connectivity index (χ0n) is 19.9. The third-order valence-corrected chi connectivity index (χ3v) is 5.97. The lowest BCUT2D eigenvalue weighted by atomic mass is 10.0. The number of anilines is 1. The van der Waals surface area contributed by atoms with Crippen molar-refractivity contribution in [3.05, 3.63) is 53.6 Å². The smallest absolute Gasteiger partial charge is 0.387 e. The number of aryl methyl sites for hydroxylation is 1. The van der Waals surface area contributed by atoms with Crippen molar-refractivity contribution in [2.75, 3.05) is 45.8 Å². The number of carbonyl (C=O) groups is 1. The molecule has 34 heavy (non-hydrogen) atoms. The van der Waals surface area contributed by atoms with E-state index in [-0.39, 0.29) is 17.8 Å². The van der Waals surface area contributed by atoms with Crippen molar-refractivity contribution in [2.24, 2.45) is 0 Å². The van der Waals surface area contributed by atoms with Crippen LogP contribution < -0.4 is 14.8 Å². The van der Waals surface area contributed by atoms with Crippen LogP contribution in [0.25, 0.3) is 0 Å². The maximum absolute atomic E-state index is 13.2. The number of piperidine rings is 1. The third kappa shape index (κ3) is 7.04. The topological polar surface area (TPSA) is 63.3 Å². The number of amides is 2. The van der Waals surface area contributed by atoms with Crippen LogP contribution in [-0.2, 0) is 11.3 Å². The maximum Gasteiger partial charge on any atom is 0.387 e. The number of nitrogens with zero attached hydrogens (tertiary/aromatic N) is 2. The molecule has 186 valence electrons. The average molecular weight is 478 g/mol. The summed E-state index contributed by atoms with van der Waals surface area (Å²) in [5, 5.41) is 2.99. The van der Waals surface area contributed by atoms with Crippen LogP contribution >= 0.6 is 0 Å². The van der Waals surface area contributed by atoms with Gasteiger partial charge in [-0.25, -0.2) is 4.79 Å². The Balaban J connectivity index is 1.64. The Hall–Kier alpha value is -2.91. The van der Waals surface area contributed by atoms with Crippen LogP contribution in [-0.4, -0.2) is 68.9 Å². The molecule has 3 rings (SSSR count). The first-order valence-electron chi connectivity index (χ1n) is 11.4. The van der Waals surface area contributed by atoms with E-state index >= 15 is 0 Å². The van der Waals surface area contributed by atoms with E-state index in [0.717, 1.165) is 37.1 Å². The van der Waals surface area contributed by atoms with E-state index < -0.39 is 6.61 Å². The molecule has 2 aromatic rings. The Bertz CT molecular complexity index is 936. The Morgan fingerprint density at radius 1 is 1.15 bits per heavy atom. The van der Waals surface area contributed by atoms with Gasteiger partial charge in [0.25, 0.3) is 0 Å². The van der Waals surface area contributed by atoms with Crippen molar-refractivity contribution in [3.63, 3.8) is 0 Å². The average Bonchev–Trinajstić information content (AvgIpc) is 2.81. The molecule has 1 aliphatic rings. The molecule has 0 radical (unpaired) electrons. The third-order valence-electron chi connectivity index (χ3n) is 5.97. The maximum atomic E-state index is 13.2. The van der Waals surface area contributed by atoms with Crippen molar-refractivity contribution >= 4 is 11.7 Å². The van der Waals surface area contributed by atoms with Gasteiger partial charge in [-0.3, -0.25) is 4.90 Å². The molecule has 0 aromatic heterocycles. The predicted molar refractivity (Wildman–Crippen MR) is 127 cm³/mol. The summed E-state index contributed by atoms with van der Waals surface area (Å²) in [6.07, 6.45) is 1.53. The lowest BCUT2D eigenvalue weighted by Gasteiger charge is -2.38. The second-order valence-corrected chi connectivity index (χ2v) is 8.31. The fourth-order valence-electron chi connectivity index (χ4n) is 4.22. The molecule has 0 unspecified atom stereocenters. The number of carbonyl (C=O) groups excluding carboxylic acids is 1. The van der Waals surface area contributed by atoms with E-state index in [4.69, 9.17) is 9.47 Å². The van der Waals surface area contributed by atoms with Crippen LogP contribution in [0, 0.1) is 6.92 Å². The zero-order valence-corrected chi connectivity index (χ0v) is 19.9. The van der Waals surface area contributed by atoms with Gasteiger partial charge in [-0.2, -0.15) is 8.78 Å². The summed E-state index contributed by atoms with van der Waals surface area (Å²) in [4.78, 5) is 17.2. The highest BCUT2D eigenvalue weighted by atomic mass is 19.3. The quantitative estimate of drug-likeness (QED) is 0.535. The second kappa shape index (κ2) is 12.5. The highest BCUT2D eigenvalue weighted by Crippen LogP contribution is 2.27. The summed E-state index contributed by atoms with van der Waals surface area (Å²) < 4.78 is 40.7. The van der Waals surface area contributed by atoms with Crippen LogP contribution in [0.5, 0.6) is 11.5 Å². The summed E-state index contributed by atoms with van der Waals surface area (Å²) in [6.45, 7) is 1.98. The molecule has 1 heterocycles.